The number of aryl methyl sites for hydroxylation is 3. The van der Waals surface area contributed by atoms with Gasteiger partial charge in [0, 0.05) is 29.7 Å². The summed E-state index contributed by atoms with van der Waals surface area (Å²) in [6.45, 7) is 5.09. The first-order valence-electron chi connectivity index (χ1n) is 9.75. The molecule has 0 unspecified atom stereocenters. The van der Waals surface area contributed by atoms with Gasteiger partial charge in [-0.25, -0.2) is 4.98 Å². The number of anilines is 1. The number of benzene rings is 2. The molecule has 0 fully saturated rings. The van der Waals surface area contributed by atoms with Crippen molar-refractivity contribution in [1.82, 2.24) is 9.55 Å². The predicted molar refractivity (Wildman–Crippen MR) is 111 cm³/mol. The maximum atomic E-state index is 12.2. The number of fused-ring (bicyclic) bond motifs is 1. The van der Waals surface area contributed by atoms with Crippen molar-refractivity contribution in [3.05, 3.63) is 65.5 Å². The Morgan fingerprint density at radius 2 is 1.93 bits per heavy atom. The molecule has 0 saturated carbocycles. The van der Waals surface area contributed by atoms with Crippen molar-refractivity contribution in [2.24, 2.45) is 0 Å². The maximum absolute atomic E-state index is 12.2. The summed E-state index contributed by atoms with van der Waals surface area (Å²) in [6.07, 6.45) is 5.52. The largest absolute Gasteiger partial charge is 0.484 e. The third-order valence-corrected chi connectivity index (χ3v) is 5.28. The summed E-state index contributed by atoms with van der Waals surface area (Å²) in [5.41, 5.74) is 5.48. The van der Waals surface area contributed by atoms with E-state index in [4.69, 9.17) is 4.74 Å². The number of imidazole rings is 1. The van der Waals surface area contributed by atoms with Crippen molar-refractivity contribution in [2.45, 2.75) is 39.7 Å². The summed E-state index contributed by atoms with van der Waals surface area (Å²) in [7, 11) is 0. The van der Waals surface area contributed by atoms with Gasteiger partial charge in [-0.05, 0) is 80.6 Å². The molecule has 2 aromatic carbocycles. The Labute approximate surface area is 165 Å². The van der Waals surface area contributed by atoms with Crippen LogP contribution in [0.5, 0.6) is 5.75 Å². The minimum atomic E-state index is -0.177. The van der Waals surface area contributed by atoms with Gasteiger partial charge in [0.1, 0.15) is 11.6 Å². The van der Waals surface area contributed by atoms with E-state index < -0.39 is 0 Å². The van der Waals surface area contributed by atoms with Gasteiger partial charge < -0.3 is 14.6 Å². The second-order valence-corrected chi connectivity index (χ2v) is 7.34. The Kier molecular flexibility index (Phi) is 5.15. The SMILES string of the molecule is Cc1ccc(OCC(=O)Nc2ccc(-c3ncc4n3CCCC4)cc2)cc1C. The lowest BCUT2D eigenvalue weighted by atomic mass is 10.1. The quantitative estimate of drug-likeness (QED) is 0.713. The number of hydrogen-bond donors (Lipinski definition) is 1. The minimum absolute atomic E-state index is 0.0159. The molecule has 1 amide bonds. The molecule has 28 heavy (non-hydrogen) atoms. The Hall–Kier alpha value is -3.08. The van der Waals surface area contributed by atoms with Gasteiger partial charge in [0.15, 0.2) is 6.61 Å². The highest BCUT2D eigenvalue weighted by Gasteiger charge is 2.15. The van der Waals surface area contributed by atoms with Crippen LogP contribution in [0.1, 0.15) is 29.7 Å². The maximum Gasteiger partial charge on any atom is 0.262 e. The van der Waals surface area contributed by atoms with E-state index >= 15 is 0 Å². The zero-order valence-electron chi connectivity index (χ0n) is 16.4. The van der Waals surface area contributed by atoms with E-state index in [0.717, 1.165) is 35.6 Å². The molecule has 1 aromatic heterocycles. The molecular weight excluding hydrogens is 350 g/mol. The molecule has 0 saturated heterocycles. The van der Waals surface area contributed by atoms with Gasteiger partial charge >= 0.3 is 0 Å². The second kappa shape index (κ2) is 7.89. The van der Waals surface area contributed by atoms with Crippen molar-refractivity contribution in [3.8, 4) is 17.1 Å². The summed E-state index contributed by atoms with van der Waals surface area (Å²) in [5.74, 6) is 1.53. The number of rotatable bonds is 5. The number of carbonyl (C=O) groups excluding carboxylic acids is 1. The molecule has 1 N–H and O–H groups in total. The fourth-order valence-electron chi connectivity index (χ4n) is 3.52. The van der Waals surface area contributed by atoms with Gasteiger partial charge in [-0.2, -0.15) is 0 Å². The lowest BCUT2D eigenvalue weighted by molar-refractivity contribution is -0.118. The van der Waals surface area contributed by atoms with Crippen LogP contribution >= 0.6 is 0 Å². The molecule has 5 heteroatoms. The molecule has 0 bridgehead atoms. The first-order valence-corrected chi connectivity index (χ1v) is 9.75. The molecule has 0 radical (unpaired) electrons. The molecule has 1 aliphatic heterocycles. The summed E-state index contributed by atoms with van der Waals surface area (Å²) in [6, 6.07) is 13.7. The monoisotopic (exact) mass is 375 g/mol. The number of aromatic nitrogens is 2. The van der Waals surface area contributed by atoms with Crippen molar-refractivity contribution < 1.29 is 9.53 Å². The number of carbonyl (C=O) groups is 1. The first kappa shape index (κ1) is 18.3. The summed E-state index contributed by atoms with van der Waals surface area (Å²) in [5, 5.41) is 2.88. The van der Waals surface area contributed by atoms with Crippen molar-refractivity contribution in [2.75, 3.05) is 11.9 Å². The van der Waals surface area contributed by atoms with Crippen LogP contribution in [0.4, 0.5) is 5.69 Å². The molecule has 0 aliphatic carbocycles. The van der Waals surface area contributed by atoms with Gasteiger partial charge in [0.2, 0.25) is 0 Å². The zero-order valence-corrected chi connectivity index (χ0v) is 16.4. The fraction of sp³-hybridized carbons (Fsp3) is 0.304. The normalized spacial score (nSPS) is 13.1. The standard InChI is InChI=1S/C23H25N3O2/c1-16-6-11-21(13-17(16)2)28-15-22(27)25-19-9-7-18(8-10-19)23-24-14-20-5-3-4-12-26(20)23/h6-11,13-14H,3-5,12,15H2,1-2H3,(H,25,27). The van der Waals surface area contributed by atoms with E-state index in [1.807, 2.05) is 55.6 Å². The van der Waals surface area contributed by atoms with E-state index in [1.165, 1.54) is 24.1 Å². The molecule has 4 rings (SSSR count). The second-order valence-electron chi connectivity index (χ2n) is 7.34. The fourth-order valence-corrected chi connectivity index (χ4v) is 3.52. The van der Waals surface area contributed by atoms with Gasteiger partial charge in [-0.1, -0.05) is 6.07 Å². The third-order valence-electron chi connectivity index (χ3n) is 5.28. The van der Waals surface area contributed by atoms with E-state index in [1.54, 1.807) is 0 Å². The van der Waals surface area contributed by atoms with Crippen LogP contribution in [-0.2, 0) is 17.8 Å². The highest BCUT2D eigenvalue weighted by molar-refractivity contribution is 5.92. The average molecular weight is 375 g/mol. The van der Waals surface area contributed by atoms with E-state index in [2.05, 4.69) is 21.8 Å². The number of nitrogens with zero attached hydrogens (tertiary/aromatic N) is 2. The number of amides is 1. The van der Waals surface area contributed by atoms with Crippen molar-refractivity contribution in [1.29, 1.82) is 0 Å². The molecule has 3 aromatic rings. The lowest BCUT2D eigenvalue weighted by Crippen LogP contribution is -2.20. The molecule has 2 heterocycles. The first-order chi connectivity index (χ1) is 13.6. The number of hydrogen-bond acceptors (Lipinski definition) is 3. The molecule has 0 atom stereocenters. The van der Waals surface area contributed by atoms with Gasteiger partial charge in [0.25, 0.3) is 5.91 Å². The van der Waals surface area contributed by atoms with Crippen LogP contribution in [-0.4, -0.2) is 22.1 Å². The van der Waals surface area contributed by atoms with Gasteiger partial charge in [0.05, 0.1) is 0 Å². The smallest absolute Gasteiger partial charge is 0.262 e. The van der Waals surface area contributed by atoms with E-state index in [-0.39, 0.29) is 12.5 Å². The van der Waals surface area contributed by atoms with Crippen molar-refractivity contribution >= 4 is 11.6 Å². The predicted octanol–water partition coefficient (Wildman–Crippen LogP) is 4.52. The Morgan fingerprint density at radius 1 is 1.11 bits per heavy atom. The Bertz CT molecular complexity index is 990. The van der Waals surface area contributed by atoms with E-state index in [9.17, 15) is 4.79 Å². The van der Waals surface area contributed by atoms with Crippen molar-refractivity contribution in [3.63, 3.8) is 0 Å². The van der Waals surface area contributed by atoms with Crippen LogP contribution in [0.3, 0.4) is 0 Å². The van der Waals surface area contributed by atoms with Crippen LogP contribution in [0.15, 0.2) is 48.7 Å². The van der Waals surface area contributed by atoms with Crippen LogP contribution < -0.4 is 10.1 Å². The topological polar surface area (TPSA) is 56.1 Å². The molecular formula is C23H25N3O2. The van der Waals surface area contributed by atoms with E-state index in [0.29, 0.717) is 5.75 Å². The summed E-state index contributed by atoms with van der Waals surface area (Å²) in [4.78, 5) is 16.8. The minimum Gasteiger partial charge on any atom is -0.484 e. The van der Waals surface area contributed by atoms with Crippen LogP contribution in [0.25, 0.3) is 11.4 Å². The molecule has 5 nitrogen and oxygen atoms in total. The molecule has 144 valence electrons. The molecule has 0 spiro atoms. The lowest BCUT2D eigenvalue weighted by Gasteiger charge is -2.16. The third kappa shape index (κ3) is 3.93. The number of ether oxygens (including phenoxy) is 1. The summed E-state index contributed by atoms with van der Waals surface area (Å²) < 4.78 is 7.90. The highest BCUT2D eigenvalue weighted by atomic mass is 16.5. The summed E-state index contributed by atoms with van der Waals surface area (Å²) >= 11 is 0. The van der Waals surface area contributed by atoms with Crippen LogP contribution in [0.2, 0.25) is 0 Å². The zero-order chi connectivity index (χ0) is 19.5. The highest BCUT2D eigenvalue weighted by Crippen LogP contribution is 2.25. The average Bonchev–Trinajstić information content (AvgIpc) is 3.14. The Morgan fingerprint density at radius 3 is 2.71 bits per heavy atom. The van der Waals surface area contributed by atoms with Gasteiger partial charge in [-0.15, -0.1) is 0 Å². The van der Waals surface area contributed by atoms with Gasteiger partial charge in [-0.3, -0.25) is 4.79 Å². The van der Waals surface area contributed by atoms with Crippen LogP contribution in [0, 0.1) is 13.8 Å². The molecule has 1 aliphatic rings. The number of nitrogens with one attached hydrogen (secondary N) is 1. The Balaban J connectivity index is 1.37.